The predicted molar refractivity (Wildman–Crippen MR) is 92.3 cm³/mol. The van der Waals surface area contributed by atoms with Gasteiger partial charge in [0.2, 0.25) is 0 Å². The zero-order valence-corrected chi connectivity index (χ0v) is 15.0. The van der Waals surface area contributed by atoms with Gasteiger partial charge < -0.3 is 5.32 Å². The number of halogens is 3. The SMILES string of the molecule is CC(NC(=O)c1cccc(CS(C)(=O)=O)c1)c1cccc(C(F)(F)F)c1. The highest BCUT2D eigenvalue weighted by atomic mass is 32.2. The van der Waals surface area contributed by atoms with Crippen LogP contribution in [0.15, 0.2) is 48.5 Å². The molecule has 1 N–H and O–H groups in total. The lowest BCUT2D eigenvalue weighted by Gasteiger charge is -2.16. The average Bonchev–Trinajstić information content (AvgIpc) is 2.52. The van der Waals surface area contributed by atoms with Crippen LogP contribution in [0.3, 0.4) is 0 Å². The lowest BCUT2D eigenvalue weighted by atomic mass is 10.0. The van der Waals surface area contributed by atoms with Crippen LogP contribution < -0.4 is 5.32 Å². The molecule has 0 heterocycles. The summed E-state index contributed by atoms with van der Waals surface area (Å²) in [6.45, 7) is 1.58. The molecule has 0 saturated heterocycles. The molecule has 1 unspecified atom stereocenters. The van der Waals surface area contributed by atoms with E-state index < -0.39 is 33.5 Å². The molecule has 0 aliphatic heterocycles. The molecule has 0 spiro atoms. The molecule has 0 aliphatic rings. The first-order chi connectivity index (χ1) is 12.0. The third kappa shape index (κ3) is 5.59. The van der Waals surface area contributed by atoms with Gasteiger partial charge in [0.05, 0.1) is 17.4 Å². The van der Waals surface area contributed by atoms with Gasteiger partial charge in [0.25, 0.3) is 5.91 Å². The number of amides is 1. The van der Waals surface area contributed by atoms with Gasteiger partial charge in [-0.1, -0.05) is 24.3 Å². The van der Waals surface area contributed by atoms with Crippen LogP contribution in [-0.2, 0) is 21.8 Å². The Hall–Kier alpha value is -2.35. The molecule has 0 radical (unpaired) electrons. The van der Waals surface area contributed by atoms with Gasteiger partial charge in [0.1, 0.15) is 0 Å². The Labute approximate surface area is 150 Å². The number of carbonyl (C=O) groups is 1. The standard InChI is InChI=1S/C18H18F3NO3S/c1-12(14-6-4-8-16(10-14)18(19,20)21)22-17(23)15-7-3-5-13(9-15)11-26(2,24)25/h3-10,12H,11H2,1-2H3,(H,22,23). The van der Waals surface area contributed by atoms with Gasteiger partial charge in [0, 0.05) is 11.8 Å². The molecule has 4 nitrogen and oxygen atoms in total. The molecule has 2 rings (SSSR count). The molecule has 1 atom stereocenters. The maximum absolute atomic E-state index is 12.8. The Kier molecular flexibility index (Phi) is 5.75. The second-order valence-corrected chi connectivity index (χ2v) is 8.23. The Bertz CT molecular complexity index is 908. The van der Waals surface area contributed by atoms with E-state index in [1.54, 1.807) is 19.1 Å². The molecular formula is C18H18F3NO3S. The van der Waals surface area contributed by atoms with E-state index in [9.17, 15) is 26.4 Å². The van der Waals surface area contributed by atoms with Crippen LogP contribution in [0.1, 0.15) is 40.0 Å². The molecule has 2 aromatic rings. The zero-order chi connectivity index (χ0) is 19.5. The Morgan fingerprint density at radius 1 is 1.12 bits per heavy atom. The summed E-state index contributed by atoms with van der Waals surface area (Å²) in [5, 5.41) is 2.63. The molecule has 26 heavy (non-hydrogen) atoms. The van der Waals surface area contributed by atoms with Gasteiger partial charge in [0.15, 0.2) is 9.84 Å². The zero-order valence-electron chi connectivity index (χ0n) is 14.2. The number of alkyl halides is 3. The van der Waals surface area contributed by atoms with Crippen molar-refractivity contribution in [3.63, 3.8) is 0 Å². The quantitative estimate of drug-likeness (QED) is 0.853. The van der Waals surface area contributed by atoms with Crippen molar-refractivity contribution in [3.8, 4) is 0 Å². The third-order valence-corrected chi connectivity index (χ3v) is 4.54. The molecule has 8 heteroatoms. The molecule has 0 saturated carbocycles. The van der Waals surface area contributed by atoms with Crippen LogP contribution in [-0.4, -0.2) is 20.6 Å². The van der Waals surface area contributed by atoms with Crippen LogP contribution in [0.4, 0.5) is 13.2 Å². The van der Waals surface area contributed by atoms with Crippen molar-refractivity contribution < 1.29 is 26.4 Å². The molecule has 0 bridgehead atoms. The lowest BCUT2D eigenvalue weighted by Crippen LogP contribution is -2.27. The fraction of sp³-hybridized carbons (Fsp3) is 0.278. The summed E-state index contributed by atoms with van der Waals surface area (Å²) in [5.74, 6) is -0.692. The first kappa shape index (κ1) is 20.0. The second kappa shape index (κ2) is 7.49. The summed E-state index contributed by atoms with van der Waals surface area (Å²) < 4.78 is 61.1. The van der Waals surface area contributed by atoms with E-state index in [4.69, 9.17) is 0 Å². The van der Waals surface area contributed by atoms with E-state index >= 15 is 0 Å². The van der Waals surface area contributed by atoms with Gasteiger partial charge in [-0.15, -0.1) is 0 Å². The lowest BCUT2D eigenvalue weighted by molar-refractivity contribution is -0.137. The van der Waals surface area contributed by atoms with Crippen LogP contribution >= 0.6 is 0 Å². The van der Waals surface area contributed by atoms with Crippen LogP contribution in [0.25, 0.3) is 0 Å². The third-order valence-electron chi connectivity index (χ3n) is 3.68. The van der Waals surface area contributed by atoms with E-state index in [1.165, 1.54) is 24.3 Å². The number of rotatable bonds is 5. The van der Waals surface area contributed by atoms with Gasteiger partial charge in [-0.05, 0) is 42.3 Å². The summed E-state index contributed by atoms with van der Waals surface area (Å²) in [6.07, 6.45) is -3.37. The summed E-state index contributed by atoms with van der Waals surface area (Å²) in [4.78, 5) is 12.3. The number of carbonyl (C=O) groups excluding carboxylic acids is 1. The minimum Gasteiger partial charge on any atom is -0.346 e. The van der Waals surface area contributed by atoms with Crippen molar-refractivity contribution in [3.05, 3.63) is 70.8 Å². The molecule has 1 amide bonds. The maximum atomic E-state index is 12.8. The molecular weight excluding hydrogens is 367 g/mol. The maximum Gasteiger partial charge on any atom is 0.416 e. The summed E-state index contributed by atoms with van der Waals surface area (Å²) >= 11 is 0. The highest BCUT2D eigenvalue weighted by Gasteiger charge is 2.30. The van der Waals surface area contributed by atoms with Crippen LogP contribution in [0.2, 0.25) is 0 Å². The first-order valence-electron chi connectivity index (χ1n) is 7.70. The van der Waals surface area contributed by atoms with Gasteiger partial charge in [-0.3, -0.25) is 4.79 Å². The summed E-state index contributed by atoms with van der Waals surface area (Å²) in [7, 11) is -3.24. The molecule has 2 aromatic carbocycles. The largest absolute Gasteiger partial charge is 0.416 e. The fourth-order valence-electron chi connectivity index (χ4n) is 2.45. The fourth-order valence-corrected chi connectivity index (χ4v) is 3.24. The van der Waals surface area contributed by atoms with Crippen LogP contribution in [0.5, 0.6) is 0 Å². The van der Waals surface area contributed by atoms with Gasteiger partial charge >= 0.3 is 6.18 Å². The number of benzene rings is 2. The van der Waals surface area contributed by atoms with Crippen molar-refractivity contribution in [1.29, 1.82) is 0 Å². The highest BCUT2D eigenvalue weighted by Crippen LogP contribution is 2.30. The summed E-state index contributed by atoms with van der Waals surface area (Å²) in [5.41, 5.74) is 0.239. The predicted octanol–water partition coefficient (Wildman–Crippen LogP) is 3.74. The van der Waals surface area contributed by atoms with E-state index in [0.717, 1.165) is 18.4 Å². The van der Waals surface area contributed by atoms with Crippen LogP contribution in [0, 0.1) is 0 Å². The molecule has 0 aromatic heterocycles. The normalized spacial score (nSPS) is 13.3. The number of hydrogen-bond donors (Lipinski definition) is 1. The Morgan fingerprint density at radius 2 is 1.77 bits per heavy atom. The molecule has 0 fully saturated rings. The average molecular weight is 385 g/mol. The van der Waals surface area contributed by atoms with Crippen molar-refractivity contribution in [2.75, 3.05) is 6.26 Å². The summed E-state index contributed by atoms with van der Waals surface area (Å²) in [6, 6.07) is 10.2. The second-order valence-electron chi connectivity index (χ2n) is 6.09. The Balaban J connectivity index is 2.16. The molecule has 0 aliphatic carbocycles. The van der Waals surface area contributed by atoms with E-state index in [0.29, 0.717) is 11.1 Å². The topological polar surface area (TPSA) is 63.2 Å². The van der Waals surface area contributed by atoms with Crippen molar-refractivity contribution in [1.82, 2.24) is 5.32 Å². The van der Waals surface area contributed by atoms with Crippen molar-refractivity contribution >= 4 is 15.7 Å². The number of sulfone groups is 1. The smallest absolute Gasteiger partial charge is 0.346 e. The first-order valence-corrected chi connectivity index (χ1v) is 9.76. The number of nitrogens with one attached hydrogen (secondary N) is 1. The van der Waals surface area contributed by atoms with E-state index in [1.807, 2.05) is 0 Å². The van der Waals surface area contributed by atoms with Crippen molar-refractivity contribution in [2.24, 2.45) is 0 Å². The van der Waals surface area contributed by atoms with Gasteiger partial charge in [-0.25, -0.2) is 8.42 Å². The van der Waals surface area contributed by atoms with E-state index in [2.05, 4.69) is 5.32 Å². The van der Waals surface area contributed by atoms with Crippen molar-refractivity contribution in [2.45, 2.75) is 24.9 Å². The van der Waals surface area contributed by atoms with Gasteiger partial charge in [-0.2, -0.15) is 13.2 Å². The minimum atomic E-state index is -4.46. The highest BCUT2D eigenvalue weighted by molar-refractivity contribution is 7.89. The number of hydrogen-bond acceptors (Lipinski definition) is 3. The van der Waals surface area contributed by atoms with E-state index in [-0.39, 0.29) is 11.3 Å². The minimum absolute atomic E-state index is 0.197. The monoisotopic (exact) mass is 385 g/mol. The molecule has 140 valence electrons. The Morgan fingerprint density at radius 3 is 2.38 bits per heavy atom.